The number of aryl methyl sites for hydroxylation is 1. The van der Waals surface area contributed by atoms with Gasteiger partial charge in [-0.3, -0.25) is 4.79 Å². The molecule has 0 unspecified atom stereocenters. The summed E-state index contributed by atoms with van der Waals surface area (Å²) in [4.78, 5) is 12.6. The third-order valence-electron chi connectivity index (χ3n) is 6.38. The van der Waals surface area contributed by atoms with Crippen LogP contribution in [0, 0.1) is 11.7 Å². The molecule has 3 aromatic carbocycles. The van der Waals surface area contributed by atoms with E-state index >= 15 is 0 Å². The van der Waals surface area contributed by atoms with Crippen molar-refractivity contribution in [2.24, 2.45) is 5.92 Å². The predicted octanol–water partition coefficient (Wildman–Crippen LogP) is 5.28. The SMILES string of the molecule is CCc1ccc(NC(=O)c2cc(S(=O)(=O)N3CCC(Cc4ccccc4)CC3)ccc2F)cc1. The molecule has 4 rings (SSSR count). The highest BCUT2D eigenvalue weighted by Gasteiger charge is 2.30. The molecule has 0 saturated carbocycles. The van der Waals surface area contributed by atoms with Crippen molar-refractivity contribution < 1.29 is 17.6 Å². The minimum atomic E-state index is -3.83. The van der Waals surface area contributed by atoms with Crippen molar-refractivity contribution in [2.75, 3.05) is 18.4 Å². The first-order valence-corrected chi connectivity index (χ1v) is 13.0. The van der Waals surface area contributed by atoms with Gasteiger partial charge in [-0.2, -0.15) is 4.31 Å². The first-order valence-electron chi connectivity index (χ1n) is 11.6. The minimum absolute atomic E-state index is 0.0677. The van der Waals surface area contributed by atoms with Crippen molar-refractivity contribution in [3.63, 3.8) is 0 Å². The summed E-state index contributed by atoms with van der Waals surface area (Å²) >= 11 is 0. The number of benzene rings is 3. The number of nitrogens with zero attached hydrogens (tertiary/aromatic N) is 1. The maximum absolute atomic E-state index is 14.5. The molecule has 1 N–H and O–H groups in total. The lowest BCUT2D eigenvalue weighted by Crippen LogP contribution is -2.39. The number of piperidine rings is 1. The smallest absolute Gasteiger partial charge is 0.258 e. The third kappa shape index (κ3) is 5.54. The van der Waals surface area contributed by atoms with Crippen molar-refractivity contribution >= 4 is 21.6 Å². The molecule has 5 nitrogen and oxygen atoms in total. The first kappa shape index (κ1) is 24.1. The number of hydrogen-bond donors (Lipinski definition) is 1. The van der Waals surface area contributed by atoms with Crippen molar-refractivity contribution in [2.45, 2.75) is 37.5 Å². The normalized spacial score (nSPS) is 15.2. The average Bonchev–Trinajstić information content (AvgIpc) is 2.85. The molecule has 1 heterocycles. The Bertz CT molecular complexity index is 1240. The molecule has 178 valence electrons. The predicted molar refractivity (Wildman–Crippen MR) is 132 cm³/mol. The number of carbonyl (C=O) groups is 1. The molecule has 1 saturated heterocycles. The number of carbonyl (C=O) groups excluding carboxylic acids is 1. The van der Waals surface area contributed by atoms with E-state index in [1.807, 2.05) is 37.3 Å². The van der Waals surface area contributed by atoms with E-state index in [4.69, 9.17) is 0 Å². The quantitative estimate of drug-likeness (QED) is 0.500. The van der Waals surface area contributed by atoms with Gasteiger partial charge in [-0.15, -0.1) is 0 Å². The molecule has 0 radical (unpaired) electrons. The van der Waals surface area contributed by atoms with E-state index in [-0.39, 0.29) is 10.5 Å². The summed E-state index contributed by atoms with van der Waals surface area (Å²) < 4.78 is 42.4. The molecule has 0 aromatic heterocycles. The van der Waals surface area contributed by atoms with Crippen molar-refractivity contribution in [3.8, 4) is 0 Å². The van der Waals surface area contributed by atoms with Gasteiger partial charge in [0.2, 0.25) is 10.0 Å². The molecule has 3 aromatic rings. The fraction of sp³-hybridized carbons (Fsp3) is 0.296. The molecule has 34 heavy (non-hydrogen) atoms. The summed E-state index contributed by atoms with van der Waals surface area (Å²) in [6.45, 7) is 2.84. The van der Waals surface area contributed by atoms with Gasteiger partial charge in [0.25, 0.3) is 5.91 Å². The van der Waals surface area contributed by atoms with Crippen LogP contribution in [0.4, 0.5) is 10.1 Å². The molecule has 7 heteroatoms. The summed E-state index contributed by atoms with van der Waals surface area (Å²) in [5.41, 5.74) is 2.60. The number of sulfonamides is 1. The van der Waals surface area contributed by atoms with E-state index < -0.39 is 21.7 Å². The fourth-order valence-corrected chi connectivity index (χ4v) is 5.81. The molecule has 1 aliphatic heterocycles. The third-order valence-corrected chi connectivity index (χ3v) is 8.28. The lowest BCUT2D eigenvalue weighted by Gasteiger charge is -2.31. The van der Waals surface area contributed by atoms with Gasteiger partial charge in [-0.05, 0) is 73.1 Å². The summed E-state index contributed by atoms with van der Waals surface area (Å²) in [6.07, 6.45) is 3.31. The maximum Gasteiger partial charge on any atom is 0.258 e. The Morgan fingerprint density at radius 2 is 1.65 bits per heavy atom. The number of nitrogens with one attached hydrogen (secondary N) is 1. The number of hydrogen-bond acceptors (Lipinski definition) is 3. The maximum atomic E-state index is 14.5. The zero-order valence-corrected chi connectivity index (χ0v) is 20.0. The van der Waals surface area contributed by atoms with Crippen LogP contribution >= 0.6 is 0 Å². The molecule has 1 aliphatic rings. The molecule has 0 atom stereocenters. The van der Waals surface area contributed by atoms with Crippen molar-refractivity contribution in [1.29, 1.82) is 0 Å². The van der Waals surface area contributed by atoms with Crippen LogP contribution in [0.15, 0.2) is 77.7 Å². The van der Waals surface area contributed by atoms with E-state index in [1.54, 1.807) is 12.1 Å². The summed E-state index contributed by atoms with van der Waals surface area (Å²) in [5.74, 6) is -1.02. The number of amides is 1. The Hall–Kier alpha value is -3.03. The highest BCUT2D eigenvalue weighted by molar-refractivity contribution is 7.89. The van der Waals surface area contributed by atoms with Crippen LogP contribution in [0.3, 0.4) is 0 Å². The number of halogens is 1. The van der Waals surface area contributed by atoms with Crippen LogP contribution in [0.2, 0.25) is 0 Å². The highest BCUT2D eigenvalue weighted by atomic mass is 32.2. The van der Waals surface area contributed by atoms with Gasteiger partial charge in [0.05, 0.1) is 10.5 Å². The van der Waals surface area contributed by atoms with Gasteiger partial charge in [-0.1, -0.05) is 49.4 Å². The zero-order valence-electron chi connectivity index (χ0n) is 19.2. The Morgan fingerprint density at radius 1 is 0.971 bits per heavy atom. The standard InChI is InChI=1S/C27H29FN2O3S/c1-2-20-8-10-23(11-9-20)29-27(31)25-19-24(12-13-26(25)28)34(32,33)30-16-14-22(15-17-30)18-21-6-4-3-5-7-21/h3-13,19,22H,2,14-18H2,1H3,(H,29,31). The fourth-order valence-electron chi connectivity index (χ4n) is 4.31. The zero-order chi connectivity index (χ0) is 24.1. The molecular formula is C27H29FN2O3S. The van der Waals surface area contributed by atoms with Crippen molar-refractivity contribution in [1.82, 2.24) is 4.31 Å². The second-order valence-electron chi connectivity index (χ2n) is 8.68. The molecule has 0 aliphatic carbocycles. The highest BCUT2D eigenvalue weighted by Crippen LogP contribution is 2.27. The van der Waals surface area contributed by atoms with Gasteiger partial charge in [-0.25, -0.2) is 12.8 Å². The van der Waals surface area contributed by atoms with Crippen LogP contribution in [0.1, 0.15) is 41.3 Å². The Morgan fingerprint density at radius 3 is 2.29 bits per heavy atom. The largest absolute Gasteiger partial charge is 0.322 e. The van der Waals surface area contributed by atoms with Gasteiger partial charge < -0.3 is 5.32 Å². The van der Waals surface area contributed by atoms with E-state index in [9.17, 15) is 17.6 Å². The van der Waals surface area contributed by atoms with E-state index in [2.05, 4.69) is 17.4 Å². The second kappa shape index (κ2) is 10.5. The second-order valence-corrected chi connectivity index (χ2v) is 10.6. The molecular weight excluding hydrogens is 451 g/mol. The van der Waals surface area contributed by atoms with Crippen LogP contribution < -0.4 is 5.32 Å². The molecule has 0 bridgehead atoms. The van der Waals surface area contributed by atoms with E-state index in [0.717, 1.165) is 43.4 Å². The van der Waals surface area contributed by atoms with Crippen LogP contribution in [-0.4, -0.2) is 31.7 Å². The molecule has 1 amide bonds. The van der Waals surface area contributed by atoms with E-state index in [1.165, 1.54) is 15.9 Å². The van der Waals surface area contributed by atoms with Crippen LogP contribution in [0.25, 0.3) is 0 Å². The monoisotopic (exact) mass is 480 g/mol. The van der Waals surface area contributed by atoms with Gasteiger partial charge in [0.15, 0.2) is 0 Å². The van der Waals surface area contributed by atoms with Crippen molar-refractivity contribution in [3.05, 3.63) is 95.3 Å². The summed E-state index contributed by atoms with van der Waals surface area (Å²) in [5, 5.41) is 2.65. The lowest BCUT2D eigenvalue weighted by molar-refractivity contribution is 0.102. The van der Waals surface area contributed by atoms with Gasteiger partial charge >= 0.3 is 0 Å². The van der Waals surface area contributed by atoms with E-state index in [0.29, 0.717) is 24.7 Å². The van der Waals surface area contributed by atoms with Crippen LogP contribution in [-0.2, 0) is 22.9 Å². The first-order chi connectivity index (χ1) is 16.4. The molecule has 0 spiro atoms. The Kier molecular flexibility index (Phi) is 7.44. The Balaban J connectivity index is 1.45. The molecule has 1 fully saturated rings. The topological polar surface area (TPSA) is 66.5 Å². The summed E-state index contributed by atoms with van der Waals surface area (Å²) in [6, 6.07) is 20.9. The van der Waals surface area contributed by atoms with Gasteiger partial charge in [0.1, 0.15) is 5.82 Å². The Labute approximate surface area is 200 Å². The van der Waals surface area contributed by atoms with Crippen LogP contribution in [0.5, 0.6) is 0 Å². The number of anilines is 1. The number of rotatable bonds is 7. The van der Waals surface area contributed by atoms with Gasteiger partial charge in [0, 0.05) is 18.8 Å². The lowest BCUT2D eigenvalue weighted by atomic mass is 9.91. The minimum Gasteiger partial charge on any atom is -0.322 e. The average molecular weight is 481 g/mol. The summed E-state index contributed by atoms with van der Waals surface area (Å²) in [7, 11) is -3.83.